The molecule has 110 valence electrons. The fourth-order valence-corrected chi connectivity index (χ4v) is 2.63. The van der Waals surface area contributed by atoms with Gasteiger partial charge in [-0.2, -0.15) is 0 Å². The predicted molar refractivity (Wildman–Crippen MR) is 88.4 cm³/mol. The molecule has 0 amide bonds. The molecule has 1 aliphatic rings. The summed E-state index contributed by atoms with van der Waals surface area (Å²) in [4.78, 5) is 0. The number of nitrogens with one attached hydrogen (secondary N) is 2. The highest BCUT2D eigenvalue weighted by Crippen LogP contribution is 2.24. The van der Waals surface area contributed by atoms with Gasteiger partial charge in [0.1, 0.15) is 5.75 Å². The zero-order chi connectivity index (χ0) is 14.4. The average molecular weight is 292 g/mol. The Balaban J connectivity index is 1.83. The van der Waals surface area contributed by atoms with Gasteiger partial charge in [0.15, 0.2) is 5.11 Å². The molecule has 1 aliphatic carbocycles. The molecular weight excluding hydrogens is 268 g/mol. The quantitative estimate of drug-likeness (QED) is 0.801. The van der Waals surface area contributed by atoms with Crippen LogP contribution in [0, 0.1) is 0 Å². The number of rotatable bonds is 5. The minimum Gasteiger partial charge on any atom is -0.490 e. The monoisotopic (exact) mass is 292 g/mol. The summed E-state index contributed by atoms with van der Waals surface area (Å²) in [5, 5.41) is 7.10. The van der Waals surface area contributed by atoms with E-state index in [2.05, 4.69) is 24.5 Å². The molecule has 4 heteroatoms. The average Bonchev–Trinajstić information content (AvgIpc) is 2.93. The molecule has 0 saturated heterocycles. The van der Waals surface area contributed by atoms with Crippen molar-refractivity contribution in [3.63, 3.8) is 0 Å². The molecule has 20 heavy (non-hydrogen) atoms. The third kappa shape index (κ3) is 4.67. The van der Waals surface area contributed by atoms with Crippen molar-refractivity contribution in [1.29, 1.82) is 0 Å². The van der Waals surface area contributed by atoms with Crippen molar-refractivity contribution in [1.82, 2.24) is 5.32 Å². The van der Waals surface area contributed by atoms with Gasteiger partial charge in [0.05, 0.1) is 6.10 Å². The van der Waals surface area contributed by atoms with E-state index >= 15 is 0 Å². The molecule has 1 atom stereocenters. The van der Waals surface area contributed by atoms with Crippen molar-refractivity contribution < 1.29 is 4.74 Å². The summed E-state index contributed by atoms with van der Waals surface area (Å²) in [6, 6.07) is 8.42. The molecule has 0 radical (unpaired) electrons. The zero-order valence-corrected chi connectivity index (χ0v) is 13.1. The van der Waals surface area contributed by atoms with Crippen LogP contribution in [0.1, 0.15) is 46.0 Å². The van der Waals surface area contributed by atoms with Gasteiger partial charge in [-0.3, -0.25) is 0 Å². The van der Waals surface area contributed by atoms with E-state index in [1.54, 1.807) is 0 Å². The SMILES string of the molecule is CC[C@@H](C)NC(=S)Nc1ccc(OC2CCCC2)cc1. The van der Waals surface area contributed by atoms with E-state index in [1.165, 1.54) is 25.7 Å². The highest BCUT2D eigenvalue weighted by molar-refractivity contribution is 7.80. The maximum atomic E-state index is 5.94. The van der Waals surface area contributed by atoms with E-state index in [1.807, 2.05) is 24.3 Å². The molecule has 0 heterocycles. The normalized spacial score (nSPS) is 16.7. The third-order valence-electron chi connectivity index (χ3n) is 3.71. The Bertz CT molecular complexity index is 427. The Morgan fingerprint density at radius 2 is 1.95 bits per heavy atom. The van der Waals surface area contributed by atoms with Gasteiger partial charge in [-0.1, -0.05) is 6.92 Å². The Morgan fingerprint density at radius 1 is 1.30 bits per heavy atom. The highest BCUT2D eigenvalue weighted by Gasteiger charge is 2.16. The first-order valence-corrected chi connectivity index (χ1v) is 7.92. The second-order valence-corrected chi connectivity index (χ2v) is 5.86. The molecule has 1 aromatic rings. The van der Waals surface area contributed by atoms with Gasteiger partial charge in [0.2, 0.25) is 0 Å². The van der Waals surface area contributed by atoms with Crippen molar-refractivity contribution in [3.05, 3.63) is 24.3 Å². The molecule has 3 nitrogen and oxygen atoms in total. The summed E-state index contributed by atoms with van der Waals surface area (Å²) in [6.07, 6.45) is 6.41. The second kappa shape index (κ2) is 7.48. The lowest BCUT2D eigenvalue weighted by Crippen LogP contribution is -2.35. The Hall–Kier alpha value is -1.29. The summed E-state index contributed by atoms with van der Waals surface area (Å²) in [5.41, 5.74) is 0.990. The van der Waals surface area contributed by atoms with Crippen molar-refractivity contribution in [2.24, 2.45) is 0 Å². The lowest BCUT2D eigenvalue weighted by Gasteiger charge is -2.16. The number of hydrogen-bond acceptors (Lipinski definition) is 2. The lowest BCUT2D eigenvalue weighted by atomic mass is 10.2. The van der Waals surface area contributed by atoms with E-state index in [0.717, 1.165) is 17.9 Å². The molecule has 1 aromatic carbocycles. The van der Waals surface area contributed by atoms with Crippen LogP contribution in [0.3, 0.4) is 0 Å². The maximum Gasteiger partial charge on any atom is 0.170 e. The lowest BCUT2D eigenvalue weighted by molar-refractivity contribution is 0.210. The van der Waals surface area contributed by atoms with Crippen LogP contribution in [-0.4, -0.2) is 17.3 Å². The molecule has 0 spiro atoms. The van der Waals surface area contributed by atoms with E-state index in [4.69, 9.17) is 17.0 Å². The van der Waals surface area contributed by atoms with Crippen LogP contribution in [0.2, 0.25) is 0 Å². The smallest absolute Gasteiger partial charge is 0.170 e. The minimum absolute atomic E-state index is 0.389. The van der Waals surface area contributed by atoms with Crippen LogP contribution < -0.4 is 15.4 Å². The molecule has 1 fully saturated rings. The summed E-state index contributed by atoms with van der Waals surface area (Å²) < 4.78 is 5.94. The largest absolute Gasteiger partial charge is 0.490 e. The van der Waals surface area contributed by atoms with Crippen molar-refractivity contribution in [3.8, 4) is 5.75 Å². The number of thiocarbonyl (C=S) groups is 1. The first kappa shape index (κ1) is 15.1. The van der Waals surface area contributed by atoms with Crippen LogP contribution >= 0.6 is 12.2 Å². The number of hydrogen-bond donors (Lipinski definition) is 2. The third-order valence-corrected chi connectivity index (χ3v) is 3.93. The van der Waals surface area contributed by atoms with Crippen LogP contribution in [0.4, 0.5) is 5.69 Å². The molecule has 1 saturated carbocycles. The molecule has 0 aliphatic heterocycles. The Morgan fingerprint density at radius 3 is 2.55 bits per heavy atom. The summed E-state index contributed by atoms with van der Waals surface area (Å²) in [5.74, 6) is 0.947. The van der Waals surface area contributed by atoms with Crippen molar-refractivity contribution in [2.75, 3.05) is 5.32 Å². The molecule has 2 rings (SSSR count). The molecule has 0 bridgehead atoms. The van der Waals surface area contributed by atoms with Crippen LogP contribution in [-0.2, 0) is 0 Å². The van der Waals surface area contributed by atoms with Crippen molar-refractivity contribution in [2.45, 2.75) is 58.1 Å². The fraction of sp³-hybridized carbons (Fsp3) is 0.562. The number of ether oxygens (including phenoxy) is 1. The molecular formula is C16H24N2OS. The minimum atomic E-state index is 0.389. The van der Waals surface area contributed by atoms with E-state index < -0.39 is 0 Å². The fourth-order valence-electron chi connectivity index (χ4n) is 2.31. The molecule has 0 aromatic heterocycles. The Labute approximate surface area is 127 Å². The van der Waals surface area contributed by atoms with Gasteiger partial charge < -0.3 is 15.4 Å². The Kier molecular flexibility index (Phi) is 5.65. The first-order valence-electron chi connectivity index (χ1n) is 7.51. The highest BCUT2D eigenvalue weighted by atomic mass is 32.1. The summed E-state index contributed by atoms with van der Waals surface area (Å²) in [6.45, 7) is 4.25. The van der Waals surface area contributed by atoms with Crippen LogP contribution in [0.15, 0.2) is 24.3 Å². The summed E-state index contributed by atoms with van der Waals surface area (Å²) in [7, 11) is 0. The topological polar surface area (TPSA) is 33.3 Å². The van der Waals surface area contributed by atoms with Crippen molar-refractivity contribution >= 4 is 23.0 Å². The van der Waals surface area contributed by atoms with Gasteiger partial charge in [-0.25, -0.2) is 0 Å². The number of benzene rings is 1. The van der Waals surface area contributed by atoms with E-state index in [-0.39, 0.29) is 0 Å². The predicted octanol–water partition coefficient (Wildman–Crippen LogP) is 4.09. The van der Waals surface area contributed by atoms with Gasteiger partial charge in [0.25, 0.3) is 0 Å². The van der Waals surface area contributed by atoms with Gasteiger partial charge >= 0.3 is 0 Å². The van der Waals surface area contributed by atoms with E-state index in [9.17, 15) is 0 Å². The van der Waals surface area contributed by atoms with Gasteiger partial charge in [-0.05, 0) is 75.5 Å². The van der Waals surface area contributed by atoms with Crippen LogP contribution in [0.5, 0.6) is 5.75 Å². The maximum absolute atomic E-state index is 5.94. The standard InChI is InChI=1S/C16H24N2OS/c1-3-12(2)17-16(20)18-13-8-10-15(11-9-13)19-14-6-4-5-7-14/h8-12,14H,3-7H2,1-2H3,(H2,17,18,20)/t12-/m1/s1. The zero-order valence-electron chi connectivity index (χ0n) is 12.3. The first-order chi connectivity index (χ1) is 9.67. The summed E-state index contributed by atoms with van der Waals surface area (Å²) >= 11 is 5.27. The van der Waals surface area contributed by atoms with Gasteiger partial charge in [0, 0.05) is 11.7 Å². The second-order valence-electron chi connectivity index (χ2n) is 5.46. The number of anilines is 1. The molecule has 2 N–H and O–H groups in total. The van der Waals surface area contributed by atoms with Crippen LogP contribution in [0.25, 0.3) is 0 Å². The van der Waals surface area contributed by atoms with E-state index in [0.29, 0.717) is 17.3 Å². The van der Waals surface area contributed by atoms with Gasteiger partial charge in [-0.15, -0.1) is 0 Å². The molecule has 0 unspecified atom stereocenters.